The van der Waals surface area contributed by atoms with Crippen LogP contribution in [0.15, 0.2) is 24.4 Å². The van der Waals surface area contributed by atoms with Gasteiger partial charge in [-0.05, 0) is 87.2 Å². The number of carbonyl (C=O) groups is 2. The molecule has 182 valence electrons. The lowest BCUT2D eigenvalue weighted by molar-refractivity contribution is -0.151. The Labute approximate surface area is 201 Å². The summed E-state index contributed by atoms with van der Waals surface area (Å²) in [5.41, 5.74) is 0.608. The minimum Gasteiger partial charge on any atom is -0.344 e. The molecule has 2 atom stereocenters. The van der Waals surface area contributed by atoms with E-state index in [9.17, 15) is 9.59 Å². The van der Waals surface area contributed by atoms with Crippen LogP contribution < -0.4 is 5.32 Å². The van der Waals surface area contributed by atoms with Crippen LogP contribution >= 0.6 is 0 Å². The van der Waals surface area contributed by atoms with Crippen LogP contribution in [0, 0.1) is 29.1 Å². The van der Waals surface area contributed by atoms with Crippen LogP contribution in [0.5, 0.6) is 0 Å². The molecule has 2 unspecified atom stereocenters. The van der Waals surface area contributed by atoms with Gasteiger partial charge >= 0.3 is 0 Å². The van der Waals surface area contributed by atoms with Crippen LogP contribution in [-0.2, 0) is 9.59 Å². The van der Waals surface area contributed by atoms with Gasteiger partial charge in [-0.25, -0.2) is 0 Å². The van der Waals surface area contributed by atoms with E-state index in [1.54, 1.807) is 0 Å². The number of amides is 2. The first kappa shape index (κ1) is 22.1. The molecule has 1 saturated heterocycles. The fourth-order valence-corrected chi connectivity index (χ4v) is 7.92. The number of hydrogen-bond acceptors (Lipinski definition) is 4. The van der Waals surface area contributed by atoms with Crippen molar-refractivity contribution in [2.75, 3.05) is 13.1 Å². The second-order valence-corrected chi connectivity index (χ2v) is 12.0. The van der Waals surface area contributed by atoms with Gasteiger partial charge in [0.2, 0.25) is 11.8 Å². The zero-order valence-electron chi connectivity index (χ0n) is 20.4. The van der Waals surface area contributed by atoms with E-state index in [0.717, 1.165) is 50.1 Å². The third kappa shape index (κ3) is 3.72. The molecular formula is C27H37N5O2. The van der Waals surface area contributed by atoms with E-state index in [1.807, 2.05) is 33.7 Å². The molecule has 5 aliphatic rings. The van der Waals surface area contributed by atoms with Crippen molar-refractivity contribution in [1.82, 2.24) is 24.8 Å². The summed E-state index contributed by atoms with van der Waals surface area (Å²) in [6.07, 6.45) is 10.9. The molecule has 0 spiro atoms. The number of piperidine rings is 1. The molecule has 4 aliphatic carbocycles. The molecule has 3 heterocycles. The van der Waals surface area contributed by atoms with Crippen molar-refractivity contribution in [2.45, 2.75) is 77.2 Å². The maximum Gasteiger partial charge on any atom is 0.245 e. The molecule has 2 aromatic rings. The van der Waals surface area contributed by atoms with Gasteiger partial charge in [-0.15, -0.1) is 10.2 Å². The van der Waals surface area contributed by atoms with E-state index in [-0.39, 0.29) is 29.1 Å². The molecule has 4 saturated carbocycles. The summed E-state index contributed by atoms with van der Waals surface area (Å²) in [6, 6.07) is 5.44. The number of rotatable bonds is 5. The molecule has 1 aliphatic heterocycles. The Morgan fingerprint density at radius 1 is 1.06 bits per heavy atom. The maximum atomic E-state index is 13.7. The van der Waals surface area contributed by atoms with Crippen LogP contribution in [0.2, 0.25) is 0 Å². The van der Waals surface area contributed by atoms with E-state index in [0.29, 0.717) is 24.3 Å². The molecule has 7 nitrogen and oxygen atoms in total. The summed E-state index contributed by atoms with van der Waals surface area (Å²) in [4.78, 5) is 29.4. The van der Waals surface area contributed by atoms with Gasteiger partial charge in [-0.2, -0.15) is 0 Å². The van der Waals surface area contributed by atoms with Crippen LogP contribution in [0.1, 0.15) is 77.0 Å². The van der Waals surface area contributed by atoms with Gasteiger partial charge in [-0.3, -0.25) is 14.0 Å². The predicted octanol–water partition coefficient (Wildman–Crippen LogP) is 3.79. The highest BCUT2D eigenvalue weighted by molar-refractivity contribution is 5.90. The average molecular weight is 464 g/mol. The van der Waals surface area contributed by atoms with Crippen molar-refractivity contribution in [3.8, 4) is 0 Å². The van der Waals surface area contributed by atoms with Gasteiger partial charge in [-0.1, -0.05) is 19.9 Å². The molecule has 4 bridgehead atoms. The highest BCUT2D eigenvalue weighted by Gasteiger charge is 2.55. The minimum absolute atomic E-state index is 0.0552. The fraction of sp³-hybridized carbons (Fsp3) is 0.704. The Morgan fingerprint density at radius 2 is 1.76 bits per heavy atom. The molecule has 0 aromatic carbocycles. The molecule has 1 N–H and O–H groups in total. The Morgan fingerprint density at radius 3 is 2.44 bits per heavy atom. The first-order chi connectivity index (χ1) is 16.4. The molecule has 34 heavy (non-hydrogen) atoms. The number of fused-ring (bicyclic) bond motifs is 1. The summed E-state index contributed by atoms with van der Waals surface area (Å²) in [6.45, 7) is 5.47. The topological polar surface area (TPSA) is 79.6 Å². The number of nitrogens with one attached hydrogen (secondary N) is 1. The van der Waals surface area contributed by atoms with Crippen LogP contribution in [0.3, 0.4) is 0 Å². The number of pyridine rings is 1. The second-order valence-electron chi connectivity index (χ2n) is 12.0. The first-order valence-corrected chi connectivity index (χ1v) is 13.3. The lowest BCUT2D eigenvalue weighted by atomic mass is 9.49. The largest absolute Gasteiger partial charge is 0.344 e. The molecule has 7 rings (SSSR count). The van der Waals surface area contributed by atoms with Crippen molar-refractivity contribution in [3.63, 3.8) is 0 Å². The van der Waals surface area contributed by atoms with Crippen LogP contribution in [0.4, 0.5) is 0 Å². The summed E-state index contributed by atoms with van der Waals surface area (Å²) in [5.74, 6) is 3.48. The van der Waals surface area contributed by atoms with E-state index < -0.39 is 6.04 Å². The third-order valence-electron chi connectivity index (χ3n) is 9.18. The molecule has 0 radical (unpaired) electrons. The zero-order valence-corrected chi connectivity index (χ0v) is 20.4. The monoisotopic (exact) mass is 463 g/mol. The zero-order chi connectivity index (χ0) is 23.4. The normalized spacial score (nSPS) is 33.4. The number of aromatic nitrogens is 3. The van der Waals surface area contributed by atoms with Crippen molar-refractivity contribution in [1.29, 1.82) is 0 Å². The maximum absolute atomic E-state index is 13.7. The lowest BCUT2D eigenvalue weighted by Gasteiger charge is -2.56. The number of carbonyl (C=O) groups excluding carboxylic acids is 2. The number of hydrogen-bond donors (Lipinski definition) is 1. The van der Waals surface area contributed by atoms with Crippen molar-refractivity contribution < 1.29 is 9.59 Å². The number of likely N-dealkylation sites (tertiary alicyclic amines) is 1. The Balaban J connectivity index is 1.18. The van der Waals surface area contributed by atoms with Gasteiger partial charge in [0, 0.05) is 30.6 Å². The van der Waals surface area contributed by atoms with Gasteiger partial charge in [0.1, 0.15) is 11.9 Å². The standard InChI is InChI=1S/C27H37N5O2/c1-17(2)23(28-26(34)27-13-18-10-19(14-27)12-20(11-18)15-27)25(33)31-8-5-6-21(16-31)24-30-29-22-7-3-4-9-32(22)24/h3-4,7,9,17-21,23H,5-6,8,10-16H2,1-2H3,(H,28,34). The molecule has 2 amide bonds. The third-order valence-corrected chi connectivity index (χ3v) is 9.18. The SMILES string of the molecule is CC(C)C(NC(=O)C12CC3CC(CC(C3)C1)C2)C(=O)N1CCCC(c2nnc3ccccn23)C1. The summed E-state index contributed by atoms with van der Waals surface area (Å²) in [7, 11) is 0. The second kappa shape index (κ2) is 8.35. The highest BCUT2D eigenvalue weighted by Crippen LogP contribution is 2.60. The summed E-state index contributed by atoms with van der Waals surface area (Å²) < 4.78 is 2.04. The van der Waals surface area contributed by atoms with Crippen molar-refractivity contribution in [3.05, 3.63) is 30.2 Å². The smallest absolute Gasteiger partial charge is 0.245 e. The first-order valence-electron chi connectivity index (χ1n) is 13.3. The van der Waals surface area contributed by atoms with E-state index in [2.05, 4.69) is 29.4 Å². The Kier molecular flexibility index (Phi) is 5.41. The van der Waals surface area contributed by atoms with Gasteiger partial charge in [0.05, 0.1) is 0 Å². The number of nitrogens with zero attached hydrogens (tertiary/aromatic N) is 4. The van der Waals surface area contributed by atoms with Crippen LogP contribution in [-0.4, -0.2) is 50.4 Å². The Bertz CT molecular complexity index is 1060. The summed E-state index contributed by atoms with van der Waals surface area (Å²) in [5, 5.41) is 12.0. The van der Waals surface area contributed by atoms with Crippen molar-refractivity contribution >= 4 is 17.5 Å². The molecule has 2 aromatic heterocycles. The molecule has 7 heteroatoms. The van der Waals surface area contributed by atoms with Crippen LogP contribution in [0.25, 0.3) is 5.65 Å². The molecule has 5 fully saturated rings. The fourth-order valence-electron chi connectivity index (χ4n) is 7.92. The van der Waals surface area contributed by atoms with Crippen molar-refractivity contribution in [2.24, 2.45) is 29.1 Å². The Hall–Kier alpha value is -2.44. The summed E-state index contributed by atoms with van der Waals surface area (Å²) >= 11 is 0. The highest BCUT2D eigenvalue weighted by atomic mass is 16.2. The minimum atomic E-state index is -0.464. The molecular weight excluding hydrogens is 426 g/mol. The van der Waals surface area contributed by atoms with Gasteiger partial charge in [0.15, 0.2) is 5.65 Å². The lowest BCUT2D eigenvalue weighted by Crippen LogP contribution is -2.59. The van der Waals surface area contributed by atoms with Gasteiger partial charge < -0.3 is 10.2 Å². The quantitative estimate of drug-likeness (QED) is 0.732. The van der Waals surface area contributed by atoms with E-state index >= 15 is 0 Å². The van der Waals surface area contributed by atoms with E-state index in [4.69, 9.17) is 0 Å². The van der Waals surface area contributed by atoms with Gasteiger partial charge in [0.25, 0.3) is 0 Å². The predicted molar refractivity (Wildman–Crippen MR) is 129 cm³/mol. The van der Waals surface area contributed by atoms with E-state index in [1.165, 1.54) is 19.3 Å². The average Bonchev–Trinajstić information content (AvgIpc) is 3.25.